The fourth-order valence-electron chi connectivity index (χ4n) is 3.25. The van der Waals surface area contributed by atoms with Crippen LogP contribution < -0.4 is 0 Å². The van der Waals surface area contributed by atoms with E-state index in [0.717, 1.165) is 27.8 Å². The summed E-state index contributed by atoms with van der Waals surface area (Å²) in [5.41, 5.74) is 4.61. The van der Waals surface area contributed by atoms with Gasteiger partial charge in [0.25, 0.3) is 0 Å². The van der Waals surface area contributed by atoms with Gasteiger partial charge in [0.05, 0.1) is 5.69 Å². The zero-order valence-corrected chi connectivity index (χ0v) is 15.3. The summed E-state index contributed by atoms with van der Waals surface area (Å²) in [4.78, 5) is 25.4. The van der Waals surface area contributed by atoms with E-state index in [1.807, 2.05) is 32.0 Å². The Bertz CT molecular complexity index is 1270. The highest BCUT2D eigenvalue weighted by Crippen LogP contribution is 2.36. The van der Waals surface area contributed by atoms with Crippen LogP contribution in [0.2, 0.25) is 0 Å². The fourth-order valence-corrected chi connectivity index (χ4v) is 3.48. The maximum absolute atomic E-state index is 11.3. The number of nitrogens with zero attached hydrogens (tertiary/aromatic N) is 4. The molecule has 4 rings (SSSR count). The molecule has 0 aliphatic heterocycles. The molecule has 134 valence electrons. The maximum Gasteiger partial charge on any atom is 0.200 e. The third-order valence-electron chi connectivity index (χ3n) is 4.64. The molecule has 2 N–H and O–H groups in total. The van der Waals surface area contributed by atoms with Crippen molar-refractivity contribution >= 4 is 34.5 Å². The predicted molar refractivity (Wildman–Crippen MR) is 106 cm³/mol. The number of hydrogen-bond acceptors (Lipinski definition) is 6. The number of nitrogens with one attached hydrogen (secondary N) is 2. The molecule has 2 aromatic carbocycles. The number of rotatable bonds is 4. The van der Waals surface area contributed by atoms with Gasteiger partial charge in [-0.1, -0.05) is 6.07 Å². The van der Waals surface area contributed by atoms with Crippen molar-refractivity contribution in [1.29, 1.82) is 0 Å². The molecule has 2 heterocycles. The molecule has 0 atom stereocenters. The Morgan fingerprint density at radius 3 is 2.67 bits per heavy atom. The second-order valence-electron chi connectivity index (χ2n) is 6.15. The molecule has 27 heavy (non-hydrogen) atoms. The summed E-state index contributed by atoms with van der Waals surface area (Å²) in [6.07, 6.45) is 0. The Balaban J connectivity index is 2.05. The van der Waals surface area contributed by atoms with Crippen molar-refractivity contribution in [2.45, 2.75) is 13.8 Å². The van der Waals surface area contributed by atoms with Crippen LogP contribution in [0.1, 0.15) is 11.3 Å². The molecule has 0 radical (unpaired) electrons. The number of fused-ring (bicyclic) bond motifs is 1. The van der Waals surface area contributed by atoms with Gasteiger partial charge in [-0.15, -0.1) is 9.81 Å². The van der Waals surface area contributed by atoms with Crippen molar-refractivity contribution in [1.82, 2.24) is 19.7 Å². The second kappa shape index (κ2) is 6.36. The van der Waals surface area contributed by atoms with Gasteiger partial charge in [0, 0.05) is 22.2 Å². The lowest BCUT2D eigenvalue weighted by Crippen LogP contribution is -1.99. The quantitative estimate of drug-likeness (QED) is 0.361. The summed E-state index contributed by atoms with van der Waals surface area (Å²) >= 11 is 5.45. The Kier molecular flexibility index (Phi) is 4.00. The van der Waals surface area contributed by atoms with E-state index in [9.17, 15) is 9.81 Å². The molecule has 0 spiro atoms. The normalized spacial score (nSPS) is 11.0. The van der Waals surface area contributed by atoms with Crippen LogP contribution in [0.4, 0.5) is 11.4 Å². The van der Waals surface area contributed by atoms with Crippen molar-refractivity contribution in [3.8, 4) is 17.1 Å². The molecule has 0 aliphatic rings. The number of aromatic amines is 2. The minimum Gasteiger partial charge on any atom is -0.358 e. The van der Waals surface area contributed by atoms with Gasteiger partial charge < -0.3 is 4.98 Å². The van der Waals surface area contributed by atoms with E-state index in [-0.39, 0.29) is 11.4 Å². The third kappa shape index (κ3) is 2.59. The highest BCUT2D eigenvalue weighted by molar-refractivity contribution is 7.71. The summed E-state index contributed by atoms with van der Waals surface area (Å²) in [6.45, 7) is 4.04. The number of nitroso groups, excluding NO2 is 2. The average Bonchev–Trinajstić information content (AvgIpc) is 3.20. The second-order valence-corrected chi connectivity index (χ2v) is 6.53. The van der Waals surface area contributed by atoms with E-state index in [2.05, 4.69) is 25.5 Å². The molecular formula is C18H14N6O2S. The van der Waals surface area contributed by atoms with Gasteiger partial charge in [0.2, 0.25) is 0 Å². The minimum absolute atomic E-state index is 0.0662. The standard InChI is InChI=1S/C18H14N6O2S/c1-9-10(2)19-13-4-3-5-15(16(9)13)24-17(20-21-18(24)27)12-7-6-11(22-25)8-14(12)23-26/h3-8,19H,1-2H3,(H,21,27). The van der Waals surface area contributed by atoms with Gasteiger partial charge in [-0.25, -0.2) is 0 Å². The number of benzene rings is 2. The minimum atomic E-state index is 0.0662. The smallest absolute Gasteiger partial charge is 0.200 e. The molecular weight excluding hydrogens is 364 g/mol. The summed E-state index contributed by atoms with van der Waals surface area (Å²) in [6, 6.07) is 10.3. The van der Waals surface area contributed by atoms with E-state index < -0.39 is 0 Å². The monoisotopic (exact) mass is 378 g/mol. The molecule has 4 aromatic rings. The molecule has 8 nitrogen and oxygen atoms in total. The van der Waals surface area contributed by atoms with Crippen molar-refractivity contribution in [3.05, 3.63) is 62.2 Å². The lowest BCUT2D eigenvalue weighted by atomic mass is 10.1. The third-order valence-corrected chi connectivity index (χ3v) is 4.92. The van der Waals surface area contributed by atoms with E-state index >= 15 is 0 Å². The Labute approximate surface area is 158 Å². The van der Waals surface area contributed by atoms with Crippen LogP contribution in [0.15, 0.2) is 46.8 Å². The van der Waals surface area contributed by atoms with Crippen molar-refractivity contribution in [3.63, 3.8) is 0 Å². The van der Waals surface area contributed by atoms with Crippen LogP contribution in [-0.4, -0.2) is 19.7 Å². The highest BCUT2D eigenvalue weighted by Gasteiger charge is 2.19. The first-order valence-electron chi connectivity index (χ1n) is 8.12. The first kappa shape index (κ1) is 17.0. The largest absolute Gasteiger partial charge is 0.358 e. The van der Waals surface area contributed by atoms with Crippen LogP contribution in [-0.2, 0) is 0 Å². The molecule has 0 bridgehead atoms. The van der Waals surface area contributed by atoms with Gasteiger partial charge >= 0.3 is 0 Å². The number of H-pyrrole nitrogens is 2. The summed E-state index contributed by atoms with van der Waals surface area (Å²) in [5, 5.41) is 14.0. The maximum atomic E-state index is 11.3. The van der Waals surface area contributed by atoms with Crippen molar-refractivity contribution in [2.75, 3.05) is 0 Å². The Hall–Kier alpha value is -3.46. The topological polar surface area (TPSA) is 108 Å². The number of aryl methyl sites for hydroxylation is 2. The molecule has 9 heteroatoms. The molecule has 0 aliphatic carbocycles. The average molecular weight is 378 g/mol. The van der Waals surface area contributed by atoms with Crippen LogP contribution in [0, 0.1) is 28.4 Å². The molecule has 0 unspecified atom stereocenters. The van der Waals surface area contributed by atoms with E-state index in [1.165, 1.54) is 12.1 Å². The number of aromatic nitrogens is 4. The highest BCUT2D eigenvalue weighted by atomic mass is 32.1. The van der Waals surface area contributed by atoms with Crippen molar-refractivity contribution in [2.24, 2.45) is 10.4 Å². The first-order valence-corrected chi connectivity index (χ1v) is 8.52. The SMILES string of the molecule is Cc1[nH]c2cccc(-n3c(-c4ccc(N=O)cc4N=O)n[nH]c3=S)c2c1C. The molecule has 0 saturated carbocycles. The van der Waals surface area contributed by atoms with E-state index in [4.69, 9.17) is 12.2 Å². The molecule has 2 aromatic heterocycles. The van der Waals surface area contributed by atoms with Gasteiger partial charge in [-0.3, -0.25) is 9.67 Å². The van der Waals surface area contributed by atoms with Crippen LogP contribution >= 0.6 is 12.2 Å². The molecule has 0 saturated heterocycles. The summed E-state index contributed by atoms with van der Waals surface area (Å²) < 4.78 is 2.14. The van der Waals surface area contributed by atoms with E-state index in [1.54, 1.807) is 10.6 Å². The molecule has 0 fully saturated rings. The molecule has 0 amide bonds. The van der Waals surface area contributed by atoms with Gasteiger partial charge in [0.15, 0.2) is 10.6 Å². The van der Waals surface area contributed by atoms with Gasteiger partial charge in [0.1, 0.15) is 11.4 Å². The Morgan fingerprint density at radius 1 is 1.11 bits per heavy atom. The van der Waals surface area contributed by atoms with Crippen LogP contribution in [0.3, 0.4) is 0 Å². The fraction of sp³-hybridized carbons (Fsp3) is 0.111. The lowest BCUT2D eigenvalue weighted by Gasteiger charge is -2.10. The first-order chi connectivity index (χ1) is 13.0. The summed E-state index contributed by atoms with van der Waals surface area (Å²) in [7, 11) is 0. The van der Waals surface area contributed by atoms with Gasteiger partial charge in [-0.2, -0.15) is 5.10 Å². The Morgan fingerprint density at radius 2 is 1.93 bits per heavy atom. The van der Waals surface area contributed by atoms with Crippen LogP contribution in [0.5, 0.6) is 0 Å². The van der Waals surface area contributed by atoms with Crippen LogP contribution in [0.25, 0.3) is 28.0 Å². The summed E-state index contributed by atoms with van der Waals surface area (Å²) in [5.74, 6) is 0.429. The van der Waals surface area contributed by atoms with Crippen molar-refractivity contribution < 1.29 is 0 Å². The van der Waals surface area contributed by atoms with Gasteiger partial charge in [-0.05, 0) is 72.3 Å². The predicted octanol–water partition coefficient (Wildman–Crippen LogP) is 5.49. The zero-order chi connectivity index (χ0) is 19.1. The number of hydrogen-bond donors (Lipinski definition) is 2. The lowest BCUT2D eigenvalue weighted by molar-refractivity contribution is 1.04. The van der Waals surface area contributed by atoms with E-state index in [0.29, 0.717) is 16.2 Å². The zero-order valence-electron chi connectivity index (χ0n) is 14.5.